The number of hydrogen-bond acceptors (Lipinski definition) is 4. The highest BCUT2D eigenvalue weighted by atomic mass is 16.1. The molecule has 2 heterocycles. The fourth-order valence-electron chi connectivity index (χ4n) is 3.64. The van der Waals surface area contributed by atoms with Crippen molar-refractivity contribution in [2.75, 3.05) is 30.4 Å². The molecule has 1 aliphatic carbocycles. The molecular formula is C17H26N6O. The van der Waals surface area contributed by atoms with Crippen LogP contribution in [0.1, 0.15) is 31.2 Å². The second kappa shape index (κ2) is 7.07. The lowest BCUT2D eigenvalue weighted by atomic mass is 9.81. The smallest absolute Gasteiger partial charge is 0.227 e. The van der Waals surface area contributed by atoms with Gasteiger partial charge in [0.2, 0.25) is 5.91 Å². The van der Waals surface area contributed by atoms with Crippen LogP contribution < -0.4 is 21.7 Å². The van der Waals surface area contributed by atoms with E-state index in [2.05, 4.69) is 20.2 Å². The number of nitrogens with one attached hydrogen (secondary N) is 1. The molecular weight excluding hydrogens is 304 g/mol. The predicted octanol–water partition coefficient (Wildman–Crippen LogP) is 1.09. The summed E-state index contributed by atoms with van der Waals surface area (Å²) >= 11 is 0. The van der Waals surface area contributed by atoms with Gasteiger partial charge in [0.05, 0.1) is 0 Å². The van der Waals surface area contributed by atoms with Crippen LogP contribution in [0.2, 0.25) is 0 Å². The molecule has 2 aliphatic rings. The van der Waals surface area contributed by atoms with Crippen LogP contribution in [-0.2, 0) is 11.2 Å². The third kappa shape index (κ3) is 3.60. The number of anilines is 2. The molecule has 7 heteroatoms. The van der Waals surface area contributed by atoms with E-state index < -0.39 is 0 Å². The van der Waals surface area contributed by atoms with Crippen molar-refractivity contribution in [1.82, 2.24) is 4.98 Å². The molecule has 0 bridgehead atoms. The van der Waals surface area contributed by atoms with Crippen LogP contribution in [0.15, 0.2) is 17.3 Å². The SMILES string of the molecule is CN1CCc2c(NC(=O)C3CCC(CN=C(N)N)CC3)ccnc21. The third-order valence-corrected chi connectivity index (χ3v) is 5.10. The van der Waals surface area contributed by atoms with Crippen molar-refractivity contribution in [2.45, 2.75) is 32.1 Å². The standard InChI is InChI=1S/C17H26N6O/c1-23-9-7-13-14(6-8-20-15(13)23)22-16(24)12-4-2-11(3-5-12)10-21-17(18)19/h6,8,11-12H,2-5,7,9-10H2,1H3,(H4,18,19,21)(H,20,22,24). The number of nitrogens with zero attached hydrogens (tertiary/aromatic N) is 3. The minimum Gasteiger partial charge on any atom is -0.370 e. The molecule has 5 N–H and O–H groups in total. The number of likely N-dealkylation sites (N-methyl/N-ethyl adjacent to an activating group) is 1. The van der Waals surface area contributed by atoms with Gasteiger partial charge in [0.15, 0.2) is 5.96 Å². The highest BCUT2D eigenvalue weighted by molar-refractivity contribution is 5.94. The number of carbonyl (C=O) groups is 1. The van der Waals surface area contributed by atoms with Crippen LogP contribution in [0.4, 0.5) is 11.5 Å². The van der Waals surface area contributed by atoms with Crippen LogP contribution in [0.3, 0.4) is 0 Å². The summed E-state index contributed by atoms with van der Waals surface area (Å²) in [5.74, 6) is 1.80. The van der Waals surface area contributed by atoms with Gasteiger partial charge in [-0.3, -0.25) is 9.79 Å². The summed E-state index contributed by atoms with van der Waals surface area (Å²) in [6.45, 7) is 1.62. The first-order valence-electron chi connectivity index (χ1n) is 8.60. The van der Waals surface area contributed by atoms with Crippen molar-refractivity contribution >= 4 is 23.4 Å². The summed E-state index contributed by atoms with van der Waals surface area (Å²) in [6.07, 6.45) is 6.47. The van der Waals surface area contributed by atoms with Gasteiger partial charge in [-0.1, -0.05) is 0 Å². The average molecular weight is 330 g/mol. The molecule has 24 heavy (non-hydrogen) atoms. The number of amides is 1. The Morgan fingerprint density at radius 1 is 1.38 bits per heavy atom. The van der Waals surface area contributed by atoms with E-state index in [1.165, 1.54) is 0 Å². The highest BCUT2D eigenvalue weighted by Gasteiger charge is 2.28. The number of rotatable bonds is 4. The molecule has 0 spiro atoms. The number of aliphatic imine (C=N–C) groups is 1. The maximum Gasteiger partial charge on any atom is 0.227 e. The number of carbonyl (C=O) groups excluding carboxylic acids is 1. The molecule has 1 aromatic rings. The van der Waals surface area contributed by atoms with Crippen molar-refractivity contribution in [2.24, 2.45) is 28.3 Å². The van der Waals surface area contributed by atoms with E-state index in [9.17, 15) is 4.79 Å². The van der Waals surface area contributed by atoms with Crippen LogP contribution in [-0.4, -0.2) is 37.0 Å². The molecule has 0 aromatic carbocycles. The monoisotopic (exact) mass is 330 g/mol. The van der Waals surface area contributed by atoms with Crippen LogP contribution in [0.25, 0.3) is 0 Å². The zero-order valence-electron chi connectivity index (χ0n) is 14.2. The molecule has 1 saturated carbocycles. The fourth-order valence-corrected chi connectivity index (χ4v) is 3.64. The van der Waals surface area contributed by atoms with Crippen molar-refractivity contribution in [3.05, 3.63) is 17.8 Å². The lowest BCUT2D eigenvalue weighted by Gasteiger charge is -2.27. The van der Waals surface area contributed by atoms with Gasteiger partial charge in [-0.15, -0.1) is 0 Å². The number of guanidine groups is 1. The van der Waals surface area contributed by atoms with E-state index in [-0.39, 0.29) is 17.8 Å². The lowest BCUT2D eigenvalue weighted by molar-refractivity contribution is -0.121. The van der Waals surface area contributed by atoms with E-state index >= 15 is 0 Å². The Bertz CT molecular complexity index is 632. The summed E-state index contributed by atoms with van der Waals surface area (Å²) in [5.41, 5.74) is 12.8. The van der Waals surface area contributed by atoms with Gasteiger partial charge in [-0.2, -0.15) is 0 Å². The van der Waals surface area contributed by atoms with Crippen molar-refractivity contribution in [1.29, 1.82) is 0 Å². The maximum absolute atomic E-state index is 12.6. The van der Waals surface area contributed by atoms with Gasteiger partial charge in [-0.25, -0.2) is 4.98 Å². The molecule has 7 nitrogen and oxygen atoms in total. The third-order valence-electron chi connectivity index (χ3n) is 5.10. The molecule has 0 saturated heterocycles. The molecule has 1 aliphatic heterocycles. The first-order valence-corrected chi connectivity index (χ1v) is 8.60. The fraction of sp³-hybridized carbons (Fsp3) is 0.588. The Balaban J connectivity index is 1.57. The summed E-state index contributed by atoms with van der Waals surface area (Å²) in [7, 11) is 2.03. The molecule has 0 radical (unpaired) electrons. The van der Waals surface area contributed by atoms with Crippen LogP contribution in [0, 0.1) is 11.8 Å². The number of fused-ring (bicyclic) bond motifs is 1. The van der Waals surface area contributed by atoms with Gasteiger partial charge < -0.3 is 21.7 Å². The second-order valence-corrected chi connectivity index (χ2v) is 6.80. The quantitative estimate of drug-likeness (QED) is 0.565. The largest absolute Gasteiger partial charge is 0.370 e. The average Bonchev–Trinajstić information content (AvgIpc) is 2.96. The summed E-state index contributed by atoms with van der Waals surface area (Å²) in [5, 5.41) is 3.12. The Labute approximate surface area is 142 Å². The van der Waals surface area contributed by atoms with E-state index in [0.717, 1.165) is 55.7 Å². The maximum atomic E-state index is 12.6. The van der Waals surface area contributed by atoms with Crippen LogP contribution in [0.5, 0.6) is 0 Å². The lowest BCUT2D eigenvalue weighted by Crippen LogP contribution is -2.29. The van der Waals surface area contributed by atoms with Crippen molar-refractivity contribution in [3.63, 3.8) is 0 Å². The van der Waals surface area contributed by atoms with E-state index in [1.54, 1.807) is 6.20 Å². The second-order valence-electron chi connectivity index (χ2n) is 6.80. The summed E-state index contributed by atoms with van der Waals surface area (Å²) < 4.78 is 0. The van der Waals surface area contributed by atoms with Gasteiger partial charge >= 0.3 is 0 Å². The van der Waals surface area contributed by atoms with Gasteiger partial charge in [0.1, 0.15) is 5.82 Å². The first kappa shape index (κ1) is 16.5. The summed E-state index contributed by atoms with van der Waals surface area (Å²) in [4.78, 5) is 23.2. The highest BCUT2D eigenvalue weighted by Crippen LogP contribution is 2.33. The molecule has 1 amide bonds. The molecule has 0 atom stereocenters. The Hall–Kier alpha value is -2.31. The Kier molecular flexibility index (Phi) is 4.87. The van der Waals surface area contributed by atoms with Gasteiger partial charge in [0, 0.05) is 43.5 Å². The number of nitrogens with two attached hydrogens (primary N) is 2. The molecule has 1 fully saturated rings. The molecule has 130 valence electrons. The number of hydrogen-bond donors (Lipinski definition) is 3. The summed E-state index contributed by atoms with van der Waals surface area (Å²) in [6, 6.07) is 1.90. The molecule has 0 unspecified atom stereocenters. The van der Waals surface area contributed by atoms with Crippen molar-refractivity contribution in [3.8, 4) is 0 Å². The number of pyridine rings is 1. The molecule has 1 aromatic heterocycles. The minimum absolute atomic E-state index is 0.0726. The minimum atomic E-state index is 0.0726. The first-order chi connectivity index (χ1) is 11.5. The van der Waals surface area contributed by atoms with E-state index in [0.29, 0.717) is 12.5 Å². The zero-order valence-corrected chi connectivity index (χ0v) is 14.2. The number of aromatic nitrogens is 1. The Morgan fingerprint density at radius 2 is 2.12 bits per heavy atom. The van der Waals surface area contributed by atoms with Crippen molar-refractivity contribution < 1.29 is 4.79 Å². The van der Waals surface area contributed by atoms with Gasteiger partial charge in [-0.05, 0) is 44.1 Å². The van der Waals surface area contributed by atoms with E-state index in [4.69, 9.17) is 11.5 Å². The normalized spacial score (nSPS) is 22.8. The zero-order chi connectivity index (χ0) is 17.1. The topological polar surface area (TPSA) is 110 Å². The Morgan fingerprint density at radius 3 is 2.83 bits per heavy atom. The van der Waals surface area contributed by atoms with Crippen LogP contribution >= 0.6 is 0 Å². The molecule has 3 rings (SSSR count). The van der Waals surface area contributed by atoms with E-state index in [1.807, 2.05) is 13.1 Å². The van der Waals surface area contributed by atoms with Gasteiger partial charge in [0.25, 0.3) is 0 Å². The predicted molar refractivity (Wildman–Crippen MR) is 96.0 cm³/mol.